The highest BCUT2D eigenvalue weighted by atomic mass is 16.5. The predicted molar refractivity (Wildman–Crippen MR) is 116 cm³/mol. The zero-order valence-electron chi connectivity index (χ0n) is 15.8. The molecule has 0 bridgehead atoms. The molecule has 0 amide bonds. The molecule has 0 saturated carbocycles. The highest BCUT2D eigenvalue weighted by molar-refractivity contribution is 6.15. The third-order valence-electron chi connectivity index (χ3n) is 6.25. The van der Waals surface area contributed by atoms with Crippen molar-refractivity contribution in [1.29, 1.82) is 0 Å². The average molecular weight is 360 g/mol. The Morgan fingerprint density at radius 3 is 1.96 bits per heavy atom. The zero-order valence-corrected chi connectivity index (χ0v) is 15.8. The van der Waals surface area contributed by atoms with E-state index in [4.69, 9.17) is 4.74 Å². The van der Waals surface area contributed by atoms with Crippen LogP contribution in [0.2, 0.25) is 0 Å². The van der Waals surface area contributed by atoms with E-state index in [1.165, 1.54) is 55.3 Å². The molecule has 0 fully saturated rings. The van der Waals surface area contributed by atoms with Gasteiger partial charge in [-0.2, -0.15) is 0 Å². The fraction of sp³-hybridized carbons (Fsp3) is 0.111. The van der Waals surface area contributed by atoms with E-state index in [0.717, 1.165) is 6.42 Å². The molecule has 1 heteroatoms. The van der Waals surface area contributed by atoms with Crippen molar-refractivity contribution in [2.75, 3.05) is 7.11 Å². The molecular weight excluding hydrogens is 340 g/mol. The first-order chi connectivity index (χ1) is 13.9. The van der Waals surface area contributed by atoms with Crippen LogP contribution in [0.5, 0.6) is 0 Å². The van der Waals surface area contributed by atoms with Crippen molar-refractivity contribution < 1.29 is 4.74 Å². The molecule has 0 spiro atoms. The van der Waals surface area contributed by atoms with Crippen LogP contribution in [0.15, 0.2) is 84.9 Å². The Kier molecular flexibility index (Phi) is 3.35. The van der Waals surface area contributed by atoms with Crippen molar-refractivity contribution >= 4 is 21.9 Å². The highest BCUT2D eigenvalue weighted by Gasteiger charge is 2.35. The number of hydrogen-bond acceptors (Lipinski definition) is 1. The van der Waals surface area contributed by atoms with E-state index in [1.807, 2.05) is 7.11 Å². The summed E-state index contributed by atoms with van der Waals surface area (Å²) >= 11 is 0. The van der Waals surface area contributed by atoms with Gasteiger partial charge in [-0.25, -0.2) is 0 Å². The Morgan fingerprint density at radius 2 is 1.29 bits per heavy atom. The lowest BCUT2D eigenvalue weighted by atomic mass is 9.90. The van der Waals surface area contributed by atoms with Crippen molar-refractivity contribution in [1.82, 2.24) is 0 Å². The van der Waals surface area contributed by atoms with Crippen LogP contribution in [0.25, 0.3) is 33.0 Å². The van der Waals surface area contributed by atoms with Crippen molar-refractivity contribution in [2.24, 2.45) is 0 Å². The molecule has 0 aliphatic heterocycles. The number of benzene rings is 4. The first kappa shape index (κ1) is 15.9. The number of methoxy groups -OCH3 is 1. The molecule has 1 atom stereocenters. The Morgan fingerprint density at radius 1 is 0.679 bits per heavy atom. The molecule has 0 radical (unpaired) electrons. The number of ether oxygens (including phenoxy) is 1. The van der Waals surface area contributed by atoms with Crippen LogP contribution < -0.4 is 0 Å². The Labute approximate surface area is 164 Å². The quantitative estimate of drug-likeness (QED) is 0.338. The molecule has 0 saturated heterocycles. The lowest BCUT2D eigenvalue weighted by molar-refractivity contribution is 0.154. The van der Waals surface area contributed by atoms with Gasteiger partial charge in [-0.15, -0.1) is 0 Å². The summed E-state index contributed by atoms with van der Waals surface area (Å²) in [7, 11) is 1.84. The number of fused-ring (bicyclic) bond motifs is 6. The summed E-state index contributed by atoms with van der Waals surface area (Å²) in [4.78, 5) is 0. The van der Waals surface area contributed by atoms with Crippen molar-refractivity contribution in [3.05, 3.63) is 107 Å². The molecule has 2 aliphatic rings. The van der Waals surface area contributed by atoms with Gasteiger partial charge in [-0.1, -0.05) is 84.9 Å². The van der Waals surface area contributed by atoms with Crippen molar-refractivity contribution in [2.45, 2.75) is 12.5 Å². The SMILES string of the molecule is CO[C@@H]1Cc2ccc3ccccc3c2C1=C1c2ccccc2-c2ccccc21. The van der Waals surface area contributed by atoms with E-state index in [1.54, 1.807) is 0 Å². The van der Waals surface area contributed by atoms with Gasteiger partial charge in [-0.05, 0) is 55.3 Å². The van der Waals surface area contributed by atoms with Gasteiger partial charge < -0.3 is 4.74 Å². The van der Waals surface area contributed by atoms with Crippen LogP contribution >= 0.6 is 0 Å². The van der Waals surface area contributed by atoms with Crippen LogP contribution in [-0.4, -0.2) is 13.2 Å². The summed E-state index contributed by atoms with van der Waals surface area (Å²) in [6.45, 7) is 0. The molecule has 0 aromatic heterocycles. The Hall–Kier alpha value is -3.16. The molecule has 28 heavy (non-hydrogen) atoms. The van der Waals surface area contributed by atoms with Crippen LogP contribution in [0.1, 0.15) is 22.3 Å². The molecule has 6 rings (SSSR count). The van der Waals surface area contributed by atoms with Gasteiger partial charge in [0.25, 0.3) is 0 Å². The summed E-state index contributed by atoms with van der Waals surface area (Å²) in [5.74, 6) is 0. The second-order valence-corrected chi connectivity index (χ2v) is 7.63. The van der Waals surface area contributed by atoms with E-state index in [0.29, 0.717) is 0 Å². The lowest BCUT2D eigenvalue weighted by Gasteiger charge is -2.17. The summed E-state index contributed by atoms with van der Waals surface area (Å²) in [5.41, 5.74) is 10.7. The normalized spacial score (nSPS) is 17.0. The monoisotopic (exact) mass is 360 g/mol. The molecule has 134 valence electrons. The van der Waals surface area contributed by atoms with Gasteiger partial charge in [0.1, 0.15) is 0 Å². The van der Waals surface area contributed by atoms with E-state index in [-0.39, 0.29) is 6.10 Å². The molecule has 1 nitrogen and oxygen atoms in total. The zero-order chi connectivity index (χ0) is 18.7. The Balaban J connectivity index is 1.78. The maximum absolute atomic E-state index is 6.04. The topological polar surface area (TPSA) is 9.23 Å². The minimum absolute atomic E-state index is 0.0787. The average Bonchev–Trinajstić information content (AvgIpc) is 3.29. The second-order valence-electron chi connectivity index (χ2n) is 7.63. The summed E-state index contributed by atoms with van der Waals surface area (Å²) in [5, 5.41) is 2.61. The van der Waals surface area contributed by atoms with E-state index >= 15 is 0 Å². The first-order valence-electron chi connectivity index (χ1n) is 9.84. The van der Waals surface area contributed by atoms with Gasteiger partial charge in [-0.3, -0.25) is 0 Å². The van der Waals surface area contributed by atoms with Crippen molar-refractivity contribution in [3.8, 4) is 11.1 Å². The van der Waals surface area contributed by atoms with E-state index in [2.05, 4.69) is 84.9 Å². The third kappa shape index (κ3) is 2.05. The predicted octanol–water partition coefficient (Wildman–Crippen LogP) is 6.35. The molecule has 0 heterocycles. The van der Waals surface area contributed by atoms with E-state index < -0.39 is 0 Å². The van der Waals surface area contributed by atoms with Crippen LogP contribution in [0.4, 0.5) is 0 Å². The minimum atomic E-state index is 0.0787. The first-order valence-corrected chi connectivity index (χ1v) is 9.84. The van der Waals surface area contributed by atoms with Crippen molar-refractivity contribution in [3.63, 3.8) is 0 Å². The largest absolute Gasteiger partial charge is 0.376 e. The molecule has 0 unspecified atom stereocenters. The van der Waals surface area contributed by atoms with Crippen LogP contribution in [0, 0.1) is 0 Å². The van der Waals surface area contributed by atoms with Crippen LogP contribution in [-0.2, 0) is 11.2 Å². The van der Waals surface area contributed by atoms with Gasteiger partial charge >= 0.3 is 0 Å². The number of hydrogen-bond donors (Lipinski definition) is 0. The van der Waals surface area contributed by atoms with Gasteiger partial charge in [0.15, 0.2) is 0 Å². The molecule has 4 aromatic rings. The summed E-state index contributed by atoms with van der Waals surface area (Å²) in [6.07, 6.45) is 1.01. The third-order valence-corrected chi connectivity index (χ3v) is 6.25. The van der Waals surface area contributed by atoms with E-state index in [9.17, 15) is 0 Å². The highest BCUT2D eigenvalue weighted by Crippen LogP contribution is 2.51. The van der Waals surface area contributed by atoms with Crippen LogP contribution in [0.3, 0.4) is 0 Å². The maximum atomic E-state index is 6.04. The van der Waals surface area contributed by atoms with Gasteiger partial charge in [0.2, 0.25) is 0 Å². The van der Waals surface area contributed by atoms with Gasteiger partial charge in [0.05, 0.1) is 6.10 Å². The van der Waals surface area contributed by atoms with Gasteiger partial charge in [0, 0.05) is 13.5 Å². The minimum Gasteiger partial charge on any atom is -0.376 e. The molecule has 0 N–H and O–H groups in total. The Bertz CT molecular complexity index is 1230. The lowest BCUT2D eigenvalue weighted by Crippen LogP contribution is -2.10. The fourth-order valence-corrected chi connectivity index (χ4v) is 5.06. The summed E-state index contributed by atoms with van der Waals surface area (Å²) in [6, 6.07) is 30.8. The fourth-order valence-electron chi connectivity index (χ4n) is 5.06. The standard InChI is InChI=1S/C27H20O/c1-28-24-16-18-15-14-17-8-2-3-9-19(17)25(18)27(24)26-22-12-6-4-10-20(22)21-11-5-7-13-23(21)26/h2-15,24H,16H2,1H3/t24-/m1/s1. The molecular formula is C27H20O. The summed E-state index contributed by atoms with van der Waals surface area (Å²) < 4.78 is 6.04. The molecule has 4 aromatic carbocycles. The number of rotatable bonds is 1. The second kappa shape index (κ2) is 5.92. The molecule has 2 aliphatic carbocycles. The smallest absolute Gasteiger partial charge is 0.0873 e. The maximum Gasteiger partial charge on any atom is 0.0873 e.